The predicted octanol–water partition coefficient (Wildman–Crippen LogP) is 4.85. The first-order valence-electron chi connectivity index (χ1n) is 19.3. The van der Waals surface area contributed by atoms with Crippen LogP contribution in [0.3, 0.4) is 0 Å². The van der Waals surface area contributed by atoms with Crippen molar-refractivity contribution in [2.24, 2.45) is 28.6 Å². The molecule has 5 aliphatic rings. The van der Waals surface area contributed by atoms with Crippen LogP contribution in [-0.2, 0) is 40.4 Å². The molecule has 13 nitrogen and oxygen atoms in total. The summed E-state index contributed by atoms with van der Waals surface area (Å²) in [7, 11) is -2.27. The van der Waals surface area contributed by atoms with Gasteiger partial charge in [-0.15, -0.1) is 6.58 Å². The van der Waals surface area contributed by atoms with Gasteiger partial charge in [-0.25, -0.2) is 18.4 Å². The maximum atomic E-state index is 14.7. The van der Waals surface area contributed by atoms with Gasteiger partial charge in [-0.2, -0.15) is 0 Å². The molecule has 2 amide bonds. The van der Waals surface area contributed by atoms with Gasteiger partial charge in [-0.3, -0.25) is 23.9 Å². The smallest absolute Gasteiger partial charge is 0.306 e. The molecule has 1 aromatic carbocycles. The third-order valence-electron chi connectivity index (χ3n) is 12.0. The van der Waals surface area contributed by atoms with E-state index in [4.69, 9.17) is 24.2 Å². The normalized spacial score (nSPS) is 30.5. The predicted molar refractivity (Wildman–Crippen MR) is 199 cm³/mol. The van der Waals surface area contributed by atoms with Crippen LogP contribution in [0.4, 0.5) is 0 Å². The number of aromatic nitrogens is 2. The molecule has 0 radical (unpaired) electrons. The molecule has 1 N–H and O–H groups in total. The summed E-state index contributed by atoms with van der Waals surface area (Å²) in [5.41, 5.74) is 0.0149. The molecule has 3 aliphatic carbocycles. The number of ether oxygens (including phenoxy) is 3. The standard InChI is InChI=1S/C40H52N4O9S/c1-6-24-20-40(24,38(48)43-54(49,50)27-13-14-27)21-33(45)32-18-26-22-44(32)37(47)28(39(2,3)4)19-35(46)53-34-16-23(34)10-8-7-9-11-30-36(52-26)42-31-17-25(51-5)12-15-29(31)41-30/h6,12,15,17,23-24,26-28,32,34H,1,7-11,13-14,16,18-22H2,2-5H3,(H,43,48). The van der Waals surface area contributed by atoms with Gasteiger partial charge < -0.3 is 19.1 Å². The molecular formula is C40H52N4O9S. The van der Waals surface area contributed by atoms with Crippen molar-refractivity contribution in [3.05, 3.63) is 36.5 Å². The Morgan fingerprint density at radius 3 is 2.54 bits per heavy atom. The number of nitrogens with one attached hydrogen (secondary N) is 1. The summed E-state index contributed by atoms with van der Waals surface area (Å²) in [6, 6.07) is 4.48. The first-order valence-corrected chi connectivity index (χ1v) is 20.9. The van der Waals surface area contributed by atoms with Gasteiger partial charge in [0.2, 0.25) is 27.7 Å². The van der Waals surface area contributed by atoms with Crippen LogP contribution < -0.4 is 14.2 Å². The molecule has 14 heteroatoms. The van der Waals surface area contributed by atoms with Gasteiger partial charge in [-0.1, -0.05) is 39.7 Å². The Labute approximate surface area is 317 Å². The van der Waals surface area contributed by atoms with Crippen molar-refractivity contribution >= 4 is 44.6 Å². The topological polar surface area (TPSA) is 171 Å². The van der Waals surface area contributed by atoms with Crippen molar-refractivity contribution in [1.29, 1.82) is 0 Å². The summed E-state index contributed by atoms with van der Waals surface area (Å²) in [4.78, 5) is 67.4. The van der Waals surface area contributed by atoms with Crippen LogP contribution in [0.5, 0.6) is 11.6 Å². The maximum absolute atomic E-state index is 14.7. The van der Waals surface area contributed by atoms with Crippen LogP contribution >= 0.6 is 0 Å². The lowest BCUT2D eigenvalue weighted by atomic mass is 9.77. The molecule has 0 spiro atoms. The molecule has 2 aromatic rings. The molecule has 3 heterocycles. The number of hydrogen-bond acceptors (Lipinski definition) is 11. The number of nitrogens with zero attached hydrogens (tertiary/aromatic N) is 3. The summed E-state index contributed by atoms with van der Waals surface area (Å²) < 4.78 is 45.7. The fourth-order valence-electron chi connectivity index (χ4n) is 8.23. The van der Waals surface area contributed by atoms with Gasteiger partial charge >= 0.3 is 5.97 Å². The van der Waals surface area contributed by atoms with E-state index in [0.29, 0.717) is 53.5 Å². The Bertz CT molecular complexity index is 1960. The molecule has 54 heavy (non-hydrogen) atoms. The largest absolute Gasteiger partial charge is 0.497 e. The van der Waals surface area contributed by atoms with Crippen LogP contribution in [0.25, 0.3) is 11.0 Å². The number of fused-ring (bicyclic) bond motifs is 5. The first-order chi connectivity index (χ1) is 25.6. The van der Waals surface area contributed by atoms with Crippen LogP contribution in [0, 0.1) is 28.6 Å². The van der Waals surface area contributed by atoms with Crippen LogP contribution in [0.15, 0.2) is 30.9 Å². The van der Waals surface area contributed by atoms with E-state index in [2.05, 4.69) is 11.3 Å². The average Bonchev–Trinajstić information content (AvgIpc) is 4.04. The van der Waals surface area contributed by atoms with Crippen LogP contribution in [0.2, 0.25) is 0 Å². The average molecular weight is 765 g/mol. The second kappa shape index (κ2) is 14.5. The molecular weight excluding hydrogens is 713 g/mol. The van der Waals surface area contributed by atoms with Crippen LogP contribution in [0.1, 0.15) is 97.1 Å². The van der Waals surface area contributed by atoms with E-state index in [1.54, 1.807) is 19.3 Å². The number of allylic oxidation sites excluding steroid dienone is 1. The van der Waals surface area contributed by atoms with Gasteiger partial charge in [0.25, 0.3) is 0 Å². The van der Waals surface area contributed by atoms with E-state index in [-0.39, 0.29) is 50.0 Å². The number of methoxy groups -OCH3 is 1. The number of hydrogen-bond donors (Lipinski definition) is 1. The molecule has 3 saturated carbocycles. The van der Waals surface area contributed by atoms with E-state index < -0.39 is 62.0 Å². The third-order valence-corrected chi connectivity index (χ3v) is 13.8. The molecule has 2 aliphatic heterocycles. The Morgan fingerprint density at radius 1 is 1.07 bits per heavy atom. The van der Waals surface area contributed by atoms with Crippen molar-refractivity contribution in [3.63, 3.8) is 0 Å². The minimum Gasteiger partial charge on any atom is -0.497 e. The molecule has 4 fully saturated rings. The fraction of sp³-hybridized carbons (Fsp3) is 0.650. The van der Waals surface area contributed by atoms with Crippen molar-refractivity contribution in [2.75, 3.05) is 13.7 Å². The highest BCUT2D eigenvalue weighted by Crippen LogP contribution is 2.57. The Kier molecular flexibility index (Phi) is 10.3. The zero-order valence-corrected chi connectivity index (χ0v) is 32.5. The lowest BCUT2D eigenvalue weighted by Gasteiger charge is -2.34. The van der Waals surface area contributed by atoms with E-state index in [0.717, 1.165) is 32.1 Å². The van der Waals surface area contributed by atoms with E-state index in [1.807, 2.05) is 32.9 Å². The lowest BCUT2D eigenvalue weighted by Crippen LogP contribution is -2.48. The van der Waals surface area contributed by atoms with Crippen molar-refractivity contribution in [3.8, 4) is 11.6 Å². The number of benzene rings is 1. The highest BCUT2D eigenvalue weighted by Gasteiger charge is 2.61. The second-order valence-electron chi connectivity index (χ2n) is 17.1. The van der Waals surface area contributed by atoms with Crippen molar-refractivity contribution in [1.82, 2.24) is 19.6 Å². The number of aryl methyl sites for hydroxylation is 1. The van der Waals surface area contributed by atoms with Crippen molar-refractivity contribution in [2.45, 2.75) is 121 Å². The van der Waals surface area contributed by atoms with E-state index in [1.165, 1.54) is 4.90 Å². The Morgan fingerprint density at radius 2 is 1.85 bits per heavy atom. The van der Waals surface area contributed by atoms with Gasteiger partial charge in [0, 0.05) is 18.9 Å². The van der Waals surface area contributed by atoms with Crippen molar-refractivity contribution < 1.29 is 41.8 Å². The molecule has 1 aromatic heterocycles. The number of carbonyl (C=O) groups excluding carboxylic acids is 4. The fourth-order valence-corrected chi connectivity index (χ4v) is 9.61. The Balaban J connectivity index is 1.22. The summed E-state index contributed by atoms with van der Waals surface area (Å²) in [6.45, 7) is 9.54. The zero-order chi connectivity index (χ0) is 38.6. The number of Topliss-reactive ketones (excluding diaryl/α,β-unsaturated/α-hetero) is 1. The Hall–Kier alpha value is -4.07. The van der Waals surface area contributed by atoms with Gasteiger partial charge in [0.1, 0.15) is 23.7 Å². The van der Waals surface area contributed by atoms with Crippen LogP contribution in [-0.4, -0.2) is 84.0 Å². The number of ketones is 1. The number of carbonyl (C=O) groups is 4. The van der Waals surface area contributed by atoms with Gasteiger partial charge in [0.05, 0.1) is 53.7 Å². The molecule has 7 atom stereocenters. The van der Waals surface area contributed by atoms with Gasteiger partial charge in [-0.05, 0) is 74.3 Å². The minimum absolute atomic E-state index is 0.0407. The maximum Gasteiger partial charge on any atom is 0.306 e. The molecule has 1 saturated heterocycles. The minimum atomic E-state index is -3.85. The lowest BCUT2D eigenvalue weighted by molar-refractivity contribution is -0.154. The summed E-state index contributed by atoms with van der Waals surface area (Å²) in [6.07, 6.45) is 6.87. The second-order valence-corrected chi connectivity index (χ2v) is 19.0. The highest BCUT2D eigenvalue weighted by molar-refractivity contribution is 7.90. The summed E-state index contributed by atoms with van der Waals surface area (Å²) in [5, 5.41) is -0.606. The first kappa shape index (κ1) is 38.2. The number of amides is 2. The molecule has 7 rings (SSSR count). The van der Waals surface area contributed by atoms with E-state index >= 15 is 0 Å². The molecule has 7 unspecified atom stereocenters. The summed E-state index contributed by atoms with van der Waals surface area (Å²) in [5.74, 6) is -1.86. The monoisotopic (exact) mass is 764 g/mol. The zero-order valence-electron chi connectivity index (χ0n) is 31.7. The molecule has 2 bridgehead atoms. The third kappa shape index (κ3) is 7.99. The van der Waals surface area contributed by atoms with Gasteiger partial charge in [0.15, 0.2) is 5.78 Å². The number of sulfonamides is 1. The summed E-state index contributed by atoms with van der Waals surface area (Å²) >= 11 is 0. The SMILES string of the molecule is C=CC1CC1(CC(=O)C1CC2CN1C(=O)C(C(C)(C)C)CC(=O)OC1CC1CCCCCc1nc3ccc(OC)cc3nc1O2)C(=O)NS(=O)(=O)C1CC1. The molecule has 292 valence electrons. The highest BCUT2D eigenvalue weighted by atomic mass is 32.2. The number of rotatable bonds is 8. The number of esters is 1. The van der Waals surface area contributed by atoms with E-state index in [9.17, 15) is 27.6 Å². The quantitative estimate of drug-likeness (QED) is 0.288.